The number of aldehydes is 1. The minimum atomic E-state index is -0.545. The summed E-state index contributed by atoms with van der Waals surface area (Å²) in [6.45, 7) is 0.352. The molecule has 0 radical (unpaired) electrons. The molecular weight excluding hydrogens is 258 g/mol. The van der Waals surface area contributed by atoms with Gasteiger partial charge in [-0.2, -0.15) is 0 Å². The molecule has 0 saturated carbocycles. The van der Waals surface area contributed by atoms with Crippen LogP contribution in [-0.2, 0) is 17.9 Å². The lowest BCUT2D eigenvalue weighted by Gasteiger charge is -2.06. The molecule has 102 valence electrons. The Kier molecular flexibility index (Phi) is 4.77. The number of carbonyl (C=O) groups is 2. The Morgan fingerprint density at radius 2 is 1.90 bits per heavy atom. The Labute approximate surface area is 115 Å². The topological polar surface area (TPSA) is 81.2 Å². The summed E-state index contributed by atoms with van der Waals surface area (Å²) in [5.41, 5.74) is 1.30. The van der Waals surface area contributed by atoms with Crippen LogP contribution in [0, 0.1) is 0 Å². The number of alkyl carbamates (subject to hydrolysis) is 1. The van der Waals surface area contributed by atoms with Gasteiger partial charge in [-0.15, -0.1) is 0 Å². The smallest absolute Gasteiger partial charge is 0.407 e. The van der Waals surface area contributed by atoms with Gasteiger partial charge < -0.3 is 10.1 Å². The van der Waals surface area contributed by atoms with Crippen molar-refractivity contribution in [3.05, 3.63) is 59.7 Å². The van der Waals surface area contributed by atoms with Gasteiger partial charge in [0, 0.05) is 12.4 Å². The van der Waals surface area contributed by atoms with E-state index < -0.39 is 6.09 Å². The first-order valence-corrected chi connectivity index (χ1v) is 5.98. The first-order chi connectivity index (χ1) is 9.78. The van der Waals surface area contributed by atoms with Crippen LogP contribution in [0.15, 0.2) is 42.7 Å². The fraction of sp³-hybridized carbons (Fsp3) is 0.143. The van der Waals surface area contributed by atoms with E-state index in [4.69, 9.17) is 4.74 Å². The Morgan fingerprint density at radius 3 is 2.55 bits per heavy atom. The van der Waals surface area contributed by atoms with Gasteiger partial charge in [0.05, 0.1) is 12.1 Å². The number of rotatable bonds is 5. The van der Waals surface area contributed by atoms with Crippen LogP contribution in [0.2, 0.25) is 0 Å². The van der Waals surface area contributed by atoms with Gasteiger partial charge in [0.25, 0.3) is 0 Å². The molecule has 0 atom stereocenters. The number of benzene rings is 1. The van der Waals surface area contributed by atoms with Gasteiger partial charge in [0.2, 0.25) is 0 Å². The molecule has 1 aromatic carbocycles. The molecule has 2 aromatic rings. The number of ether oxygens (including phenoxy) is 1. The number of carbonyl (C=O) groups excluding carboxylic acids is 2. The normalized spacial score (nSPS) is 9.80. The molecule has 0 aliphatic heterocycles. The van der Waals surface area contributed by atoms with Gasteiger partial charge in [0.1, 0.15) is 12.4 Å². The minimum absolute atomic E-state index is 0.146. The van der Waals surface area contributed by atoms with Crippen LogP contribution < -0.4 is 5.32 Å². The lowest BCUT2D eigenvalue weighted by molar-refractivity contribution is 0.112. The predicted octanol–water partition coefficient (Wildman–Crippen LogP) is 1.72. The maximum absolute atomic E-state index is 11.5. The molecule has 0 fully saturated rings. The van der Waals surface area contributed by atoms with Crippen molar-refractivity contribution in [1.82, 2.24) is 15.3 Å². The number of hydrogen-bond acceptors (Lipinski definition) is 5. The molecule has 0 aliphatic carbocycles. The molecule has 0 spiro atoms. The van der Waals surface area contributed by atoms with E-state index in [1.165, 1.54) is 12.4 Å². The summed E-state index contributed by atoms with van der Waals surface area (Å²) in [4.78, 5) is 29.8. The summed E-state index contributed by atoms with van der Waals surface area (Å²) in [5, 5.41) is 2.53. The largest absolute Gasteiger partial charge is 0.445 e. The molecular formula is C14H13N3O3. The first kappa shape index (κ1) is 13.7. The van der Waals surface area contributed by atoms with E-state index in [1.807, 2.05) is 30.3 Å². The van der Waals surface area contributed by atoms with Gasteiger partial charge >= 0.3 is 6.09 Å². The molecule has 6 nitrogen and oxygen atoms in total. The third-order valence-corrected chi connectivity index (χ3v) is 2.46. The third kappa shape index (κ3) is 4.16. The highest BCUT2D eigenvalue weighted by Gasteiger charge is 2.04. The Morgan fingerprint density at radius 1 is 1.20 bits per heavy atom. The maximum Gasteiger partial charge on any atom is 0.407 e. The second-order valence-corrected chi connectivity index (χ2v) is 3.97. The van der Waals surface area contributed by atoms with Gasteiger partial charge in [-0.05, 0) is 5.56 Å². The lowest BCUT2D eigenvalue weighted by atomic mass is 10.2. The quantitative estimate of drug-likeness (QED) is 0.837. The van der Waals surface area contributed by atoms with E-state index in [0.717, 1.165) is 5.56 Å². The second-order valence-electron chi connectivity index (χ2n) is 3.97. The monoisotopic (exact) mass is 271 g/mol. The van der Waals surface area contributed by atoms with Crippen LogP contribution in [0.4, 0.5) is 4.79 Å². The van der Waals surface area contributed by atoms with Gasteiger partial charge in [0.15, 0.2) is 6.29 Å². The van der Waals surface area contributed by atoms with Crippen molar-refractivity contribution in [3.8, 4) is 0 Å². The van der Waals surface area contributed by atoms with Crippen molar-refractivity contribution < 1.29 is 14.3 Å². The van der Waals surface area contributed by atoms with Gasteiger partial charge in [-0.25, -0.2) is 14.8 Å². The van der Waals surface area contributed by atoms with Crippen LogP contribution in [0.25, 0.3) is 0 Å². The molecule has 2 rings (SSSR count). The molecule has 1 amide bonds. The highest BCUT2D eigenvalue weighted by Crippen LogP contribution is 2.00. The fourth-order valence-electron chi connectivity index (χ4n) is 1.44. The zero-order chi connectivity index (χ0) is 14.2. The number of nitrogens with zero attached hydrogens (tertiary/aromatic N) is 2. The number of amides is 1. The summed E-state index contributed by atoms with van der Waals surface area (Å²) >= 11 is 0. The zero-order valence-electron chi connectivity index (χ0n) is 10.7. The average molecular weight is 271 g/mol. The van der Waals surface area contributed by atoms with E-state index in [-0.39, 0.29) is 13.2 Å². The molecule has 0 aliphatic rings. The maximum atomic E-state index is 11.5. The molecule has 1 N–H and O–H groups in total. The van der Waals surface area contributed by atoms with Crippen molar-refractivity contribution >= 4 is 12.4 Å². The molecule has 1 heterocycles. The summed E-state index contributed by atoms with van der Waals surface area (Å²) in [7, 11) is 0. The highest BCUT2D eigenvalue weighted by atomic mass is 16.5. The Bertz CT molecular complexity index is 570. The molecule has 0 unspecified atom stereocenters. The summed E-state index contributed by atoms with van der Waals surface area (Å²) in [6.07, 6.45) is 2.90. The predicted molar refractivity (Wildman–Crippen MR) is 70.9 cm³/mol. The van der Waals surface area contributed by atoms with Crippen molar-refractivity contribution in [2.75, 3.05) is 0 Å². The SMILES string of the molecule is O=Cc1cnc(CNC(=O)OCc2ccccc2)nc1. The Balaban J connectivity index is 1.75. The molecule has 6 heteroatoms. The Hall–Kier alpha value is -2.76. The standard InChI is InChI=1S/C14H13N3O3/c18-9-12-6-15-13(16-7-12)8-17-14(19)20-10-11-4-2-1-3-5-11/h1-7,9H,8,10H2,(H,17,19). The second kappa shape index (κ2) is 6.98. The van der Waals surface area contributed by atoms with E-state index in [9.17, 15) is 9.59 Å². The number of nitrogens with one attached hydrogen (secondary N) is 1. The number of hydrogen-bond donors (Lipinski definition) is 1. The van der Waals surface area contributed by atoms with Gasteiger partial charge in [-0.1, -0.05) is 30.3 Å². The highest BCUT2D eigenvalue weighted by molar-refractivity contribution is 5.73. The van der Waals surface area contributed by atoms with Crippen LogP contribution >= 0.6 is 0 Å². The summed E-state index contributed by atoms with van der Waals surface area (Å²) < 4.78 is 5.03. The van der Waals surface area contributed by atoms with Crippen LogP contribution in [0.5, 0.6) is 0 Å². The van der Waals surface area contributed by atoms with Gasteiger partial charge in [-0.3, -0.25) is 4.79 Å². The van der Waals surface area contributed by atoms with Crippen molar-refractivity contribution in [1.29, 1.82) is 0 Å². The van der Waals surface area contributed by atoms with E-state index >= 15 is 0 Å². The molecule has 0 saturated heterocycles. The molecule has 0 bridgehead atoms. The summed E-state index contributed by atoms with van der Waals surface area (Å²) in [5.74, 6) is 0.410. The van der Waals surface area contributed by atoms with E-state index in [2.05, 4.69) is 15.3 Å². The van der Waals surface area contributed by atoms with Crippen molar-refractivity contribution in [2.24, 2.45) is 0 Å². The number of aromatic nitrogens is 2. The fourth-order valence-corrected chi connectivity index (χ4v) is 1.44. The van der Waals surface area contributed by atoms with Crippen molar-refractivity contribution in [2.45, 2.75) is 13.2 Å². The molecule has 20 heavy (non-hydrogen) atoms. The third-order valence-electron chi connectivity index (χ3n) is 2.46. The van der Waals surface area contributed by atoms with Crippen molar-refractivity contribution in [3.63, 3.8) is 0 Å². The van der Waals surface area contributed by atoms with Crippen LogP contribution in [-0.4, -0.2) is 22.3 Å². The lowest BCUT2D eigenvalue weighted by Crippen LogP contribution is -2.24. The van der Waals surface area contributed by atoms with Crippen LogP contribution in [0.3, 0.4) is 0 Å². The minimum Gasteiger partial charge on any atom is -0.445 e. The first-order valence-electron chi connectivity index (χ1n) is 5.98. The van der Waals surface area contributed by atoms with Crippen LogP contribution in [0.1, 0.15) is 21.7 Å². The van der Waals surface area contributed by atoms with E-state index in [1.54, 1.807) is 0 Å². The zero-order valence-corrected chi connectivity index (χ0v) is 10.7. The van der Waals surface area contributed by atoms with E-state index in [0.29, 0.717) is 17.7 Å². The molecule has 1 aromatic heterocycles. The summed E-state index contributed by atoms with van der Waals surface area (Å²) in [6, 6.07) is 9.38. The average Bonchev–Trinajstić information content (AvgIpc) is 2.52.